The first-order valence-electron chi connectivity index (χ1n) is 7.69. The highest BCUT2D eigenvalue weighted by molar-refractivity contribution is 5.18. The van der Waals surface area contributed by atoms with E-state index in [2.05, 4.69) is 22.0 Å². The smallest absolute Gasteiger partial charge is 0.0917 e. The second-order valence-corrected chi connectivity index (χ2v) is 5.76. The van der Waals surface area contributed by atoms with Crippen LogP contribution >= 0.6 is 0 Å². The zero-order valence-corrected chi connectivity index (χ0v) is 12.2. The first kappa shape index (κ1) is 14.2. The second kappa shape index (κ2) is 6.83. The molecule has 0 bridgehead atoms. The SMILES string of the molecule is O[C@H](CN(CCc1ccncc1)C1CC1)c1ccccc1. The summed E-state index contributed by atoms with van der Waals surface area (Å²) in [6, 6.07) is 14.7. The summed E-state index contributed by atoms with van der Waals surface area (Å²) in [7, 11) is 0. The van der Waals surface area contributed by atoms with Gasteiger partial charge in [-0.15, -0.1) is 0 Å². The van der Waals surface area contributed by atoms with E-state index in [0.717, 1.165) is 25.1 Å². The summed E-state index contributed by atoms with van der Waals surface area (Å²) in [5.74, 6) is 0. The van der Waals surface area contributed by atoms with Gasteiger partial charge in [0.1, 0.15) is 0 Å². The van der Waals surface area contributed by atoms with Gasteiger partial charge in [0.25, 0.3) is 0 Å². The van der Waals surface area contributed by atoms with Crippen LogP contribution in [0.2, 0.25) is 0 Å². The normalized spacial score (nSPS) is 16.1. The van der Waals surface area contributed by atoms with Gasteiger partial charge in [-0.05, 0) is 42.5 Å². The maximum atomic E-state index is 10.4. The molecule has 110 valence electrons. The Labute approximate surface area is 126 Å². The maximum Gasteiger partial charge on any atom is 0.0917 e. The van der Waals surface area contributed by atoms with Crippen LogP contribution in [0, 0.1) is 0 Å². The number of pyridine rings is 1. The molecule has 3 heteroatoms. The molecule has 1 atom stereocenters. The van der Waals surface area contributed by atoms with Gasteiger partial charge in [-0.2, -0.15) is 0 Å². The average molecular weight is 282 g/mol. The number of nitrogens with zero attached hydrogens (tertiary/aromatic N) is 2. The molecule has 1 N–H and O–H groups in total. The summed E-state index contributed by atoms with van der Waals surface area (Å²) in [6.07, 6.45) is 6.82. The Morgan fingerprint density at radius 1 is 1.10 bits per heavy atom. The van der Waals surface area contributed by atoms with Crippen LogP contribution in [0.5, 0.6) is 0 Å². The van der Waals surface area contributed by atoms with Crippen LogP contribution in [0.3, 0.4) is 0 Å². The van der Waals surface area contributed by atoms with Crippen molar-refractivity contribution in [2.75, 3.05) is 13.1 Å². The van der Waals surface area contributed by atoms with Crippen LogP contribution in [0.4, 0.5) is 0 Å². The van der Waals surface area contributed by atoms with Gasteiger partial charge < -0.3 is 5.11 Å². The van der Waals surface area contributed by atoms with E-state index < -0.39 is 6.10 Å². The molecular weight excluding hydrogens is 260 g/mol. The molecule has 1 aliphatic rings. The first-order valence-corrected chi connectivity index (χ1v) is 7.69. The van der Waals surface area contributed by atoms with E-state index in [9.17, 15) is 5.11 Å². The molecule has 1 aromatic heterocycles. The van der Waals surface area contributed by atoms with Crippen LogP contribution < -0.4 is 0 Å². The monoisotopic (exact) mass is 282 g/mol. The van der Waals surface area contributed by atoms with Gasteiger partial charge in [0.15, 0.2) is 0 Å². The van der Waals surface area contributed by atoms with E-state index in [1.54, 1.807) is 0 Å². The minimum Gasteiger partial charge on any atom is -0.387 e. The molecule has 1 aromatic carbocycles. The lowest BCUT2D eigenvalue weighted by Gasteiger charge is -2.25. The van der Waals surface area contributed by atoms with E-state index in [1.807, 2.05) is 42.7 Å². The van der Waals surface area contributed by atoms with Gasteiger partial charge >= 0.3 is 0 Å². The number of rotatable bonds is 7. The summed E-state index contributed by atoms with van der Waals surface area (Å²) in [4.78, 5) is 6.48. The topological polar surface area (TPSA) is 36.4 Å². The quantitative estimate of drug-likeness (QED) is 0.848. The van der Waals surface area contributed by atoms with Crippen LogP contribution in [0.25, 0.3) is 0 Å². The lowest BCUT2D eigenvalue weighted by molar-refractivity contribution is 0.109. The zero-order valence-electron chi connectivity index (χ0n) is 12.2. The third kappa shape index (κ3) is 4.13. The molecule has 2 aromatic rings. The van der Waals surface area contributed by atoms with Crippen molar-refractivity contribution in [3.8, 4) is 0 Å². The molecule has 1 saturated carbocycles. The molecule has 3 rings (SSSR count). The number of aliphatic hydroxyl groups excluding tert-OH is 1. The van der Waals surface area contributed by atoms with Crippen molar-refractivity contribution in [3.05, 3.63) is 66.0 Å². The van der Waals surface area contributed by atoms with Crippen molar-refractivity contribution in [2.45, 2.75) is 31.4 Å². The third-order valence-electron chi connectivity index (χ3n) is 4.09. The fraction of sp³-hybridized carbons (Fsp3) is 0.389. The van der Waals surface area contributed by atoms with Crippen LogP contribution in [0.15, 0.2) is 54.9 Å². The van der Waals surface area contributed by atoms with Crippen LogP contribution in [-0.2, 0) is 6.42 Å². The van der Waals surface area contributed by atoms with Crippen molar-refractivity contribution < 1.29 is 5.11 Å². The number of aliphatic hydroxyl groups is 1. The van der Waals surface area contributed by atoms with E-state index in [-0.39, 0.29) is 0 Å². The van der Waals surface area contributed by atoms with Crippen molar-refractivity contribution in [1.82, 2.24) is 9.88 Å². The predicted octanol–water partition coefficient (Wildman–Crippen LogP) is 2.82. The average Bonchev–Trinajstić information content (AvgIpc) is 3.38. The third-order valence-corrected chi connectivity index (χ3v) is 4.09. The Kier molecular flexibility index (Phi) is 4.63. The van der Waals surface area contributed by atoms with Crippen molar-refractivity contribution >= 4 is 0 Å². The summed E-state index contributed by atoms with van der Waals surface area (Å²) in [5, 5.41) is 10.4. The molecule has 0 saturated heterocycles. The number of hydrogen-bond acceptors (Lipinski definition) is 3. The van der Waals surface area contributed by atoms with Crippen LogP contribution in [0.1, 0.15) is 30.1 Å². The summed E-state index contributed by atoms with van der Waals surface area (Å²) in [6.45, 7) is 1.72. The lowest BCUT2D eigenvalue weighted by Crippen LogP contribution is -2.32. The Balaban J connectivity index is 1.57. The van der Waals surface area contributed by atoms with E-state index >= 15 is 0 Å². The maximum absolute atomic E-state index is 10.4. The Bertz CT molecular complexity index is 540. The predicted molar refractivity (Wildman–Crippen MR) is 83.9 cm³/mol. The van der Waals surface area contributed by atoms with Gasteiger partial charge in [-0.25, -0.2) is 0 Å². The standard InChI is InChI=1S/C18H22N2O/c21-18(16-4-2-1-3-5-16)14-20(17-6-7-17)13-10-15-8-11-19-12-9-15/h1-5,8-9,11-12,17-18,21H,6-7,10,13-14H2/t18-/m1/s1. The molecule has 1 fully saturated rings. The van der Waals surface area contributed by atoms with Crippen molar-refractivity contribution in [3.63, 3.8) is 0 Å². The van der Waals surface area contributed by atoms with Gasteiger partial charge in [0.05, 0.1) is 6.10 Å². The van der Waals surface area contributed by atoms with Crippen molar-refractivity contribution in [2.24, 2.45) is 0 Å². The largest absolute Gasteiger partial charge is 0.387 e. The Morgan fingerprint density at radius 2 is 1.81 bits per heavy atom. The molecule has 0 aliphatic heterocycles. The van der Waals surface area contributed by atoms with E-state index in [1.165, 1.54) is 18.4 Å². The molecule has 21 heavy (non-hydrogen) atoms. The molecule has 0 spiro atoms. The molecule has 3 nitrogen and oxygen atoms in total. The number of aromatic nitrogens is 1. The fourth-order valence-corrected chi connectivity index (χ4v) is 2.69. The number of benzene rings is 1. The highest BCUT2D eigenvalue weighted by Crippen LogP contribution is 2.29. The van der Waals surface area contributed by atoms with Gasteiger partial charge in [0, 0.05) is 31.5 Å². The molecular formula is C18H22N2O. The molecule has 0 unspecified atom stereocenters. The highest BCUT2D eigenvalue weighted by Gasteiger charge is 2.30. The minimum atomic E-state index is -0.399. The van der Waals surface area contributed by atoms with Gasteiger partial charge in [-0.3, -0.25) is 9.88 Å². The summed E-state index contributed by atoms with van der Waals surface area (Å²) < 4.78 is 0. The molecule has 0 radical (unpaired) electrons. The molecule has 0 amide bonds. The molecule has 1 heterocycles. The Morgan fingerprint density at radius 3 is 2.48 bits per heavy atom. The molecule has 1 aliphatic carbocycles. The second-order valence-electron chi connectivity index (χ2n) is 5.76. The summed E-state index contributed by atoms with van der Waals surface area (Å²) >= 11 is 0. The van der Waals surface area contributed by atoms with E-state index in [0.29, 0.717) is 6.04 Å². The minimum absolute atomic E-state index is 0.399. The number of hydrogen-bond donors (Lipinski definition) is 1. The van der Waals surface area contributed by atoms with E-state index in [4.69, 9.17) is 0 Å². The Hall–Kier alpha value is -1.71. The fourth-order valence-electron chi connectivity index (χ4n) is 2.69. The van der Waals surface area contributed by atoms with Crippen molar-refractivity contribution in [1.29, 1.82) is 0 Å². The zero-order chi connectivity index (χ0) is 14.5. The van der Waals surface area contributed by atoms with Crippen LogP contribution in [-0.4, -0.2) is 34.1 Å². The first-order chi connectivity index (χ1) is 10.3. The van der Waals surface area contributed by atoms with Gasteiger partial charge in [-0.1, -0.05) is 30.3 Å². The highest BCUT2D eigenvalue weighted by atomic mass is 16.3. The van der Waals surface area contributed by atoms with Gasteiger partial charge in [0.2, 0.25) is 0 Å². The summed E-state index contributed by atoms with van der Waals surface area (Å²) in [5.41, 5.74) is 2.32. The lowest BCUT2D eigenvalue weighted by atomic mass is 10.1.